The molecular weight excluding hydrogens is 577 g/mol. The van der Waals surface area contributed by atoms with E-state index in [1.165, 1.54) is 22.9 Å². The largest absolute Gasteiger partial charge is 0.380 e. The number of H-pyrrole nitrogens is 1. The number of anilines is 1. The second-order valence-corrected chi connectivity index (χ2v) is 11.0. The second kappa shape index (κ2) is 8.48. The van der Waals surface area contributed by atoms with Crippen LogP contribution in [0, 0.1) is 17.7 Å². The average Bonchev–Trinajstić information content (AvgIpc) is 3.21. The van der Waals surface area contributed by atoms with Gasteiger partial charge in [0.1, 0.15) is 11.5 Å². The van der Waals surface area contributed by atoms with E-state index in [9.17, 15) is 4.79 Å². The van der Waals surface area contributed by atoms with E-state index >= 15 is 8.78 Å². The molecule has 1 saturated carbocycles. The lowest BCUT2D eigenvalue weighted by Gasteiger charge is -2.17. The number of nitrogens with two attached hydrogens (primary N) is 1. The molecule has 3 N–H and O–H groups in total. The van der Waals surface area contributed by atoms with E-state index in [1.54, 1.807) is 29.0 Å². The monoisotopic (exact) mass is 592 g/mol. The Balaban J connectivity index is 1.22. The number of benzene rings is 2. The van der Waals surface area contributed by atoms with Crippen LogP contribution < -0.4 is 11.3 Å². The Morgan fingerprint density at radius 2 is 1.95 bits per heavy atom. The fraction of sp³-hybridized carbons (Fsp3) is 0.148. The Hall–Kier alpha value is -4.55. The predicted molar refractivity (Wildman–Crippen MR) is 146 cm³/mol. The minimum absolute atomic E-state index is 0.0331. The molecule has 2 unspecified atom stereocenters. The van der Waals surface area contributed by atoms with Crippen molar-refractivity contribution in [3.63, 3.8) is 0 Å². The number of pyridine rings is 1. The molecule has 1 aliphatic carbocycles. The van der Waals surface area contributed by atoms with E-state index in [1.807, 2.05) is 6.07 Å². The number of halogens is 4. The topological polar surface area (TPSA) is 133 Å². The van der Waals surface area contributed by atoms with Gasteiger partial charge in [-0.15, -0.1) is 5.10 Å². The summed E-state index contributed by atoms with van der Waals surface area (Å²) in [6.45, 7) is 0. The average molecular weight is 593 g/mol. The summed E-state index contributed by atoms with van der Waals surface area (Å²) in [7, 11) is 0. The number of nitrogens with one attached hydrogen (secondary N) is 1. The number of fused-ring (bicyclic) bond motifs is 4. The van der Waals surface area contributed by atoms with Gasteiger partial charge >= 0.3 is 0 Å². The zero-order valence-electron chi connectivity index (χ0n) is 20.6. The molecule has 0 bridgehead atoms. The summed E-state index contributed by atoms with van der Waals surface area (Å²) in [6, 6.07) is 11.0. The lowest BCUT2D eigenvalue weighted by molar-refractivity contribution is 0.444. The molecule has 204 valence electrons. The molecule has 6 aromatic rings. The van der Waals surface area contributed by atoms with Gasteiger partial charge in [0.05, 0.1) is 23.3 Å². The molecule has 2 aromatic carbocycles. The first kappa shape index (κ1) is 24.3. The number of aromatic amines is 1. The Labute approximate surface area is 238 Å². The van der Waals surface area contributed by atoms with Gasteiger partial charge in [0.25, 0.3) is 5.56 Å². The van der Waals surface area contributed by atoms with Gasteiger partial charge in [-0.25, -0.2) is 14.1 Å². The van der Waals surface area contributed by atoms with Gasteiger partial charge in [0.2, 0.25) is 11.5 Å². The summed E-state index contributed by atoms with van der Waals surface area (Å²) >= 11 is 12.3. The molecule has 41 heavy (non-hydrogen) atoms. The molecule has 8 rings (SSSR count). The summed E-state index contributed by atoms with van der Waals surface area (Å²) in [6.07, 6.45) is 2.35. The van der Waals surface area contributed by atoms with Crippen molar-refractivity contribution in [3.05, 3.63) is 92.5 Å². The zero-order valence-corrected chi connectivity index (χ0v) is 22.2. The van der Waals surface area contributed by atoms with Crippen LogP contribution in [0.25, 0.3) is 39.0 Å². The minimum atomic E-state index is -0.892. The van der Waals surface area contributed by atoms with Crippen LogP contribution in [0.5, 0.6) is 0 Å². The van der Waals surface area contributed by atoms with Gasteiger partial charge < -0.3 is 19.8 Å². The lowest BCUT2D eigenvalue weighted by atomic mass is 10.0. The van der Waals surface area contributed by atoms with Crippen LogP contribution in [-0.2, 0) is 0 Å². The first-order chi connectivity index (χ1) is 19.8. The van der Waals surface area contributed by atoms with Crippen LogP contribution in [0.3, 0.4) is 0 Å². The highest BCUT2D eigenvalue weighted by molar-refractivity contribution is 6.31. The normalized spacial score (nSPS) is 19.1. The quantitative estimate of drug-likeness (QED) is 0.276. The third kappa shape index (κ3) is 3.57. The van der Waals surface area contributed by atoms with E-state index in [0.29, 0.717) is 21.8 Å². The first-order valence-corrected chi connectivity index (χ1v) is 13.3. The van der Waals surface area contributed by atoms with E-state index in [-0.39, 0.29) is 56.4 Å². The summed E-state index contributed by atoms with van der Waals surface area (Å²) in [4.78, 5) is 20.6. The standard InChI is InChI=1S/C27H16Cl2F2N8O2/c28-11-1-4-17(38-9-19(29)35-37-38)14(7-11)10-5-18-15-8-16(15)23(39(18)20(40)6-10)27-33-22(25(31)34-27)12-2-3-13-24(21(12)30)41-36-26(13)32/h1-7,9,15-16,23H,8H2,(H2,32,36)(H,33,34)/t15?,16-,23?/m0/s1. The van der Waals surface area contributed by atoms with Crippen LogP contribution in [0.1, 0.15) is 29.9 Å². The minimum Gasteiger partial charge on any atom is -0.380 e. The number of nitrogens with zero attached hydrogens (tertiary/aromatic N) is 6. The maximum absolute atomic E-state index is 15.2. The summed E-state index contributed by atoms with van der Waals surface area (Å²) in [5.41, 5.74) is 7.76. The maximum Gasteiger partial charge on any atom is 0.252 e. The van der Waals surface area contributed by atoms with E-state index in [4.69, 9.17) is 33.5 Å². The summed E-state index contributed by atoms with van der Waals surface area (Å²) in [5.74, 6) is -1.33. The van der Waals surface area contributed by atoms with Crippen molar-refractivity contribution in [1.29, 1.82) is 0 Å². The van der Waals surface area contributed by atoms with Crippen LogP contribution in [0.2, 0.25) is 10.2 Å². The smallest absolute Gasteiger partial charge is 0.252 e. The van der Waals surface area contributed by atoms with E-state index in [0.717, 1.165) is 12.1 Å². The highest BCUT2D eigenvalue weighted by Gasteiger charge is 2.54. The number of nitrogen functional groups attached to an aromatic ring is 1. The third-order valence-corrected chi connectivity index (χ3v) is 8.23. The second-order valence-electron chi connectivity index (χ2n) is 10.1. The van der Waals surface area contributed by atoms with Crippen LogP contribution >= 0.6 is 23.2 Å². The van der Waals surface area contributed by atoms with Crippen LogP contribution in [0.15, 0.2) is 58.0 Å². The molecule has 0 saturated heterocycles. The molecule has 14 heteroatoms. The zero-order chi connectivity index (χ0) is 28.2. The van der Waals surface area contributed by atoms with Crippen molar-refractivity contribution in [3.8, 4) is 28.1 Å². The molecule has 1 fully saturated rings. The molecule has 3 atom stereocenters. The SMILES string of the molecule is Nc1noc2c(F)c(-c3[nH]c(C4[C@H]5CC5c5cc(-c6cc(Cl)ccc6-n6cc(Cl)nn6)cc(=O)n54)nc3F)ccc12. The Bertz CT molecular complexity index is 2120. The van der Waals surface area contributed by atoms with Gasteiger partial charge in [0.15, 0.2) is 16.8 Å². The van der Waals surface area contributed by atoms with Crippen molar-refractivity contribution < 1.29 is 13.3 Å². The van der Waals surface area contributed by atoms with Gasteiger partial charge in [0, 0.05) is 33.8 Å². The number of hydrogen-bond donors (Lipinski definition) is 2. The van der Waals surface area contributed by atoms with E-state index < -0.39 is 17.8 Å². The highest BCUT2D eigenvalue weighted by Crippen LogP contribution is 2.60. The van der Waals surface area contributed by atoms with Gasteiger partial charge in [-0.2, -0.15) is 4.39 Å². The van der Waals surface area contributed by atoms with Crippen LogP contribution in [-0.4, -0.2) is 34.7 Å². The molecule has 4 aromatic heterocycles. The Morgan fingerprint density at radius 1 is 1.10 bits per heavy atom. The van der Waals surface area contributed by atoms with Crippen LogP contribution in [0.4, 0.5) is 14.6 Å². The number of aromatic nitrogens is 7. The summed E-state index contributed by atoms with van der Waals surface area (Å²) < 4.78 is 38.5. The molecular formula is C27H16Cl2F2N8O2. The molecule has 1 aliphatic heterocycles. The maximum atomic E-state index is 15.2. The Morgan fingerprint density at radius 3 is 2.76 bits per heavy atom. The first-order valence-electron chi connectivity index (χ1n) is 12.5. The van der Waals surface area contributed by atoms with Crippen molar-refractivity contribution in [2.24, 2.45) is 5.92 Å². The molecule has 10 nitrogen and oxygen atoms in total. The predicted octanol–water partition coefficient (Wildman–Crippen LogP) is 5.50. The molecule has 0 spiro atoms. The van der Waals surface area contributed by atoms with Crippen molar-refractivity contribution in [2.45, 2.75) is 18.4 Å². The number of rotatable bonds is 4. The molecule has 0 radical (unpaired) electrons. The molecule has 0 amide bonds. The lowest BCUT2D eigenvalue weighted by Crippen LogP contribution is -2.26. The number of hydrogen-bond acceptors (Lipinski definition) is 7. The van der Waals surface area contributed by atoms with E-state index in [2.05, 4.69) is 25.4 Å². The van der Waals surface area contributed by atoms with Crippen molar-refractivity contribution in [2.75, 3.05) is 5.73 Å². The highest BCUT2D eigenvalue weighted by atomic mass is 35.5. The fourth-order valence-corrected chi connectivity index (χ4v) is 6.23. The van der Waals surface area contributed by atoms with Gasteiger partial charge in [-0.05, 0) is 54.3 Å². The third-order valence-electron chi connectivity index (χ3n) is 7.82. The van der Waals surface area contributed by atoms with Gasteiger partial charge in [-0.3, -0.25) is 4.79 Å². The molecule has 5 heterocycles. The number of imidazole rings is 1. The van der Waals surface area contributed by atoms with Gasteiger partial charge in [-0.1, -0.05) is 33.6 Å². The Kier molecular flexibility index (Phi) is 5.02. The van der Waals surface area contributed by atoms with Crippen molar-refractivity contribution in [1.82, 2.24) is 34.7 Å². The fourth-order valence-electron chi connectivity index (χ4n) is 5.93. The summed E-state index contributed by atoms with van der Waals surface area (Å²) in [5, 5.41) is 12.5. The molecule has 2 aliphatic rings. The van der Waals surface area contributed by atoms with Crippen molar-refractivity contribution >= 4 is 40.0 Å².